The summed E-state index contributed by atoms with van der Waals surface area (Å²) in [6, 6.07) is 0. The fourth-order valence-electron chi connectivity index (χ4n) is 3.78. The summed E-state index contributed by atoms with van der Waals surface area (Å²) in [4.78, 5) is 11.5. The molecule has 2 nitrogen and oxygen atoms in total. The highest BCUT2D eigenvalue weighted by Gasteiger charge is 2.74. The van der Waals surface area contributed by atoms with Crippen molar-refractivity contribution >= 4 is 5.97 Å². The third kappa shape index (κ3) is 0.688. The van der Waals surface area contributed by atoms with E-state index < -0.39 is 0 Å². The number of ether oxygens (including phenoxy) is 1. The number of carbonyl (C=O) groups is 1. The van der Waals surface area contributed by atoms with E-state index >= 15 is 0 Å². The van der Waals surface area contributed by atoms with Gasteiger partial charge >= 0.3 is 5.97 Å². The van der Waals surface area contributed by atoms with Gasteiger partial charge in [0.2, 0.25) is 0 Å². The Balaban J connectivity index is 1.88. The van der Waals surface area contributed by atoms with Crippen molar-refractivity contribution < 1.29 is 9.53 Å². The highest BCUT2D eigenvalue weighted by Crippen LogP contribution is 2.72. The van der Waals surface area contributed by atoms with Crippen LogP contribution < -0.4 is 0 Å². The molecular weight excluding hydrogens is 176 g/mol. The monoisotopic (exact) mass is 192 g/mol. The van der Waals surface area contributed by atoms with Crippen molar-refractivity contribution in [3.8, 4) is 0 Å². The van der Waals surface area contributed by atoms with Gasteiger partial charge in [-0.3, -0.25) is 4.79 Å². The maximum absolute atomic E-state index is 11.5. The lowest BCUT2D eigenvalue weighted by molar-refractivity contribution is -0.153. The summed E-state index contributed by atoms with van der Waals surface area (Å²) >= 11 is 0. The molecule has 76 valence electrons. The fraction of sp³-hybridized carbons (Fsp3) is 0.750. The van der Waals surface area contributed by atoms with Gasteiger partial charge in [0.05, 0.1) is 5.92 Å². The number of rotatable bonds is 3. The largest absolute Gasteiger partial charge is 0.461 e. The first-order valence-corrected chi connectivity index (χ1v) is 5.60. The van der Waals surface area contributed by atoms with E-state index in [9.17, 15) is 4.79 Å². The zero-order valence-corrected chi connectivity index (χ0v) is 8.58. The maximum atomic E-state index is 11.5. The summed E-state index contributed by atoms with van der Waals surface area (Å²) < 4.78 is 5.29. The summed E-state index contributed by atoms with van der Waals surface area (Å²) in [5, 5.41) is 0. The Morgan fingerprint density at radius 2 is 2.43 bits per heavy atom. The average molecular weight is 192 g/mol. The first-order valence-electron chi connectivity index (χ1n) is 5.60. The summed E-state index contributed by atoms with van der Waals surface area (Å²) in [6.07, 6.45) is 4.81. The Hall–Kier alpha value is -0.790. The zero-order chi connectivity index (χ0) is 9.92. The van der Waals surface area contributed by atoms with Gasteiger partial charge in [0.15, 0.2) is 0 Å². The third-order valence-corrected chi connectivity index (χ3v) is 4.46. The topological polar surface area (TPSA) is 26.3 Å². The molecular formula is C12H16O2. The van der Waals surface area contributed by atoms with Crippen LogP contribution in [0.4, 0.5) is 0 Å². The highest BCUT2D eigenvalue weighted by molar-refractivity contribution is 5.82. The number of esters is 1. The Morgan fingerprint density at radius 3 is 3.07 bits per heavy atom. The lowest BCUT2D eigenvalue weighted by Gasteiger charge is -2.46. The van der Waals surface area contributed by atoms with Crippen LogP contribution in [0.2, 0.25) is 0 Å². The second kappa shape index (κ2) is 2.41. The molecule has 0 radical (unpaired) electrons. The van der Waals surface area contributed by atoms with Gasteiger partial charge in [0, 0.05) is 11.3 Å². The average Bonchev–Trinajstić information content (AvgIpc) is 2.72. The van der Waals surface area contributed by atoms with Crippen LogP contribution in [0.25, 0.3) is 0 Å². The van der Waals surface area contributed by atoms with E-state index in [1.807, 2.05) is 0 Å². The van der Waals surface area contributed by atoms with Crippen molar-refractivity contribution in [3.05, 3.63) is 12.2 Å². The van der Waals surface area contributed by atoms with Gasteiger partial charge in [-0.25, -0.2) is 0 Å². The van der Waals surface area contributed by atoms with Gasteiger partial charge in [-0.2, -0.15) is 0 Å². The summed E-state index contributed by atoms with van der Waals surface area (Å²) in [7, 11) is 0. The Morgan fingerprint density at radius 1 is 1.64 bits per heavy atom. The normalized spacial score (nSPS) is 47.9. The molecule has 3 saturated carbocycles. The number of unbranched alkanes of at least 4 members (excludes halogenated alkanes) is 1. The minimum absolute atomic E-state index is 0.0507. The molecule has 14 heavy (non-hydrogen) atoms. The number of hydrogen-bond acceptors (Lipinski definition) is 2. The van der Waals surface area contributed by atoms with Gasteiger partial charge in [0.1, 0.15) is 6.10 Å². The SMILES string of the molecule is C=C1[C@@H]2[C@H]3C(=O)O[C@@H]2C[C@@]13CCCC. The van der Waals surface area contributed by atoms with E-state index in [0.717, 1.165) is 12.8 Å². The molecule has 4 bridgehead atoms. The molecule has 2 heteroatoms. The molecule has 3 aliphatic carbocycles. The van der Waals surface area contributed by atoms with Gasteiger partial charge in [-0.15, -0.1) is 0 Å². The Kier molecular flexibility index (Phi) is 1.47. The minimum Gasteiger partial charge on any atom is -0.461 e. The van der Waals surface area contributed by atoms with E-state index in [4.69, 9.17) is 4.74 Å². The molecule has 0 spiro atoms. The standard InChI is InChI=1S/C12H16O2/c1-3-4-5-12-6-8-9(7(12)2)10(12)11(13)14-8/h8-10H,2-6H2,1H3/t8-,9+,10+,12+/m1/s1. The zero-order valence-electron chi connectivity index (χ0n) is 8.58. The Bertz CT molecular complexity index is 320. The number of carbonyl (C=O) groups excluding carboxylic acids is 1. The summed E-state index contributed by atoms with van der Waals surface area (Å²) in [5.41, 5.74) is 1.48. The molecule has 1 heterocycles. The van der Waals surface area contributed by atoms with E-state index in [1.165, 1.54) is 18.4 Å². The summed E-state index contributed by atoms with van der Waals surface area (Å²) in [5.74, 6) is 0.626. The van der Waals surface area contributed by atoms with Crippen molar-refractivity contribution in [2.75, 3.05) is 0 Å². The molecule has 0 aromatic heterocycles. The van der Waals surface area contributed by atoms with E-state index in [2.05, 4.69) is 13.5 Å². The highest BCUT2D eigenvalue weighted by atomic mass is 16.6. The first-order chi connectivity index (χ1) is 6.70. The van der Waals surface area contributed by atoms with Crippen LogP contribution in [0.15, 0.2) is 12.2 Å². The van der Waals surface area contributed by atoms with Gasteiger partial charge in [0.25, 0.3) is 0 Å². The quantitative estimate of drug-likeness (QED) is 0.506. The molecule has 1 saturated heterocycles. The lowest BCUT2D eigenvalue weighted by Crippen LogP contribution is -2.45. The Labute approximate surface area is 84.3 Å². The molecule has 0 aromatic rings. The molecule has 0 amide bonds. The second-order valence-electron chi connectivity index (χ2n) is 4.97. The number of hydrogen-bond donors (Lipinski definition) is 0. The predicted octanol–water partition coefficient (Wildman–Crippen LogP) is 2.29. The van der Waals surface area contributed by atoms with Crippen LogP contribution in [0.1, 0.15) is 32.6 Å². The smallest absolute Gasteiger partial charge is 0.310 e. The molecule has 4 atom stereocenters. The van der Waals surface area contributed by atoms with Crippen LogP contribution in [0, 0.1) is 17.3 Å². The van der Waals surface area contributed by atoms with Crippen LogP contribution in [-0.2, 0) is 9.53 Å². The summed E-state index contributed by atoms with van der Waals surface area (Å²) in [6.45, 7) is 6.35. The molecule has 0 unspecified atom stereocenters. The van der Waals surface area contributed by atoms with Crippen molar-refractivity contribution in [2.24, 2.45) is 17.3 Å². The van der Waals surface area contributed by atoms with Crippen molar-refractivity contribution in [2.45, 2.75) is 38.7 Å². The minimum atomic E-state index is 0.0507. The van der Waals surface area contributed by atoms with E-state index in [1.54, 1.807) is 0 Å². The molecule has 0 N–H and O–H groups in total. The molecule has 1 aliphatic heterocycles. The van der Waals surface area contributed by atoms with E-state index in [-0.39, 0.29) is 23.4 Å². The first kappa shape index (κ1) is 8.51. The van der Waals surface area contributed by atoms with Crippen LogP contribution in [0.5, 0.6) is 0 Å². The predicted molar refractivity (Wildman–Crippen MR) is 52.6 cm³/mol. The van der Waals surface area contributed by atoms with Crippen molar-refractivity contribution in [1.82, 2.24) is 0 Å². The van der Waals surface area contributed by atoms with E-state index in [0.29, 0.717) is 5.92 Å². The maximum Gasteiger partial charge on any atom is 0.310 e. The van der Waals surface area contributed by atoms with Crippen molar-refractivity contribution in [1.29, 1.82) is 0 Å². The third-order valence-electron chi connectivity index (χ3n) is 4.46. The van der Waals surface area contributed by atoms with Crippen LogP contribution in [0.3, 0.4) is 0 Å². The van der Waals surface area contributed by atoms with Crippen molar-refractivity contribution in [3.63, 3.8) is 0 Å². The lowest BCUT2D eigenvalue weighted by atomic mass is 9.55. The molecule has 4 rings (SSSR count). The van der Waals surface area contributed by atoms with Gasteiger partial charge in [-0.1, -0.05) is 31.9 Å². The van der Waals surface area contributed by atoms with Gasteiger partial charge in [-0.05, 0) is 12.8 Å². The molecule has 4 aliphatic rings. The second-order valence-corrected chi connectivity index (χ2v) is 4.97. The van der Waals surface area contributed by atoms with Crippen LogP contribution in [-0.4, -0.2) is 12.1 Å². The van der Waals surface area contributed by atoms with Crippen LogP contribution >= 0.6 is 0 Å². The molecule has 4 fully saturated rings. The van der Waals surface area contributed by atoms with Gasteiger partial charge < -0.3 is 4.74 Å². The molecule has 0 aromatic carbocycles. The fourth-order valence-corrected chi connectivity index (χ4v) is 3.78.